The summed E-state index contributed by atoms with van der Waals surface area (Å²) < 4.78 is 1.89. The molecule has 1 amide bonds. The quantitative estimate of drug-likeness (QED) is 0.797. The van der Waals surface area contributed by atoms with E-state index in [0.717, 1.165) is 11.3 Å². The van der Waals surface area contributed by atoms with Crippen molar-refractivity contribution in [3.63, 3.8) is 0 Å². The van der Waals surface area contributed by atoms with E-state index in [1.165, 1.54) is 5.56 Å². The largest absolute Gasteiger partial charge is 0.305 e. The van der Waals surface area contributed by atoms with Crippen LogP contribution in [-0.4, -0.2) is 15.7 Å². The highest BCUT2D eigenvalue weighted by Crippen LogP contribution is 2.14. The van der Waals surface area contributed by atoms with Gasteiger partial charge in [0.25, 0.3) is 5.91 Å². The summed E-state index contributed by atoms with van der Waals surface area (Å²) >= 11 is 0. The SMILES string of the molecule is Cc1ccccc1C(=O)Nc1cc(C)n(Cc2ccccc2)n1. The van der Waals surface area contributed by atoms with Gasteiger partial charge in [-0.3, -0.25) is 9.48 Å². The average Bonchev–Trinajstić information content (AvgIpc) is 2.88. The van der Waals surface area contributed by atoms with Crippen LogP contribution < -0.4 is 5.32 Å². The Bertz CT molecular complexity index is 822. The Labute approximate surface area is 135 Å². The molecule has 3 aromatic rings. The summed E-state index contributed by atoms with van der Waals surface area (Å²) in [6, 6.07) is 19.6. The van der Waals surface area contributed by atoms with E-state index in [0.29, 0.717) is 17.9 Å². The summed E-state index contributed by atoms with van der Waals surface area (Å²) in [6.07, 6.45) is 0. The van der Waals surface area contributed by atoms with Crippen LogP contribution >= 0.6 is 0 Å². The molecule has 4 heteroatoms. The lowest BCUT2D eigenvalue weighted by atomic mass is 10.1. The van der Waals surface area contributed by atoms with Crippen molar-refractivity contribution in [2.45, 2.75) is 20.4 Å². The summed E-state index contributed by atoms with van der Waals surface area (Å²) in [5, 5.41) is 7.36. The Hall–Kier alpha value is -2.88. The molecule has 0 saturated carbocycles. The zero-order valence-corrected chi connectivity index (χ0v) is 13.3. The second-order valence-electron chi connectivity index (χ2n) is 5.58. The van der Waals surface area contributed by atoms with Gasteiger partial charge in [0, 0.05) is 17.3 Å². The van der Waals surface area contributed by atoms with Crippen LogP contribution in [0, 0.1) is 13.8 Å². The molecule has 0 aliphatic heterocycles. The van der Waals surface area contributed by atoms with Crippen LogP contribution in [0.25, 0.3) is 0 Å². The van der Waals surface area contributed by atoms with Gasteiger partial charge in [0.05, 0.1) is 6.54 Å². The van der Waals surface area contributed by atoms with Gasteiger partial charge in [0.15, 0.2) is 5.82 Å². The number of hydrogen-bond acceptors (Lipinski definition) is 2. The zero-order chi connectivity index (χ0) is 16.2. The molecule has 23 heavy (non-hydrogen) atoms. The Kier molecular flexibility index (Phi) is 4.24. The number of anilines is 1. The maximum Gasteiger partial charge on any atom is 0.257 e. The number of aromatic nitrogens is 2. The summed E-state index contributed by atoms with van der Waals surface area (Å²) in [7, 11) is 0. The van der Waals surface area contributed by atoms with E-state index in [-0.39, 0.29) is 5.91 Å². The first-order valence-electron chi connectivity index (χ1n) is 7.59. The van der Waals surface area contributed by atoms with Crippen molar-refractivity contribution in [2.75, 3.05) is 5.32 Å². The molecule has 0 saturated heterocycles. The molecule has 0 aliphatic carbocycles. The standard InChI is InChI=1S/C19H19N3O/c1-14-8-6-7-11-17(14)19(23)20-18-12-15(2)22(21-18)13-16-9-4-3-5-10-16/h3-12H,13H2,1-2H3,(H,20,21,23). The number of hydrogen-bond donors (Lipinski definition) is 1. The molecule has 1 aromatic heterocycles. The molecule has 0 fully saturated rings. The van der Waals surface area contributed by atoms with Crippen LogP contribution in [0.5, 0.6) is 0 Å². The number of carbonyl (C=O) groups excluding carboxylic acids is 1. The molecule has 1 N–H and O–H groups in total. The Morgan fingerprint density at radius 3 is 2.48 bits per heavy atom. The number of carbonyl (C=O) groups is 1. The van der Waals surface area contributed by atoms with Crippen LogP contribution in [0.4, 0.5) is 5.82 Å². The molecule has 0 bridgehead atoms. The summed E-state index contributed by atoms with van der Waals surface area (Å²) in [4.78, 5) is 12.4. The fourth-order valence-corrected chi connectivity index (χ4v) is 2.50. The minimum absolute atomic E-state index is 0.132. The second-order valence-corrected chi connectivity index (χ2v) is 5.58. The third-order valence-corrected chi connectivity index (χ3v) is 3.79. The maximum atomic E-state index is 12.4. The highest BCUT2D eigenvalue weighted by molar-refractivity contribution is 6.04. The highest BCUT2D eigenvalue weighted by Gasteiger charge is 2.11. The zero-order valence-electron chi connectivity index (χ0n) is 13.3. The number of rotatable bonds is 4. The third kappa shape index (κ3) is 3.48. The number of nitrogens with one attached hydrogen (secondary N) is 1. The van der Waals surface area contributed by atoms with E-state index in [1.807, 2.05) is 67.1 Å². The first kappa shape index (κ1) is 15.0. The van der Waals surface area contributed by atoms with E-state index in [1.54, 1.807) is 0 Å². The molecule has 0 spiro atoms. The topological polar surface area (TPSA) is 46.9 Å². The minimum Gasteiger partial charge on any atom is -0.305 e. The van der Waals surface area contributed by atoms with Crippen molar-refractivity contribution in [2.24, 2.45) is 0 Å². The molecule has 4 nitrogen and oxygen atoms in total. The fourth-order valence-electron chi connectivity index (χ4n) is 2.50. The molecule has 1 heterocycles. The second kappa shape index (κ2) is 6.48. The lowest BCUT2D eigenvalue weighted by Gasteiger charge is -2.05. The molecule has 116 valence electrons. The molecular formula is C19H19N3O. The van der Waals surface area contributed by atoms with Gasteiger partial charge in [-0.2, -0.15) is 5.10 Å². The monoisotopic (exact) mass is 305 g/mol. The Morgan fingerprint density at radius 2 is 1.74 bits per heavy atom. The third-order valence-electron chi connectivity index (χ3n) is 3.79. The average molecular weight is 305 g/mol. The minimum atomic E-state index is -0.132. The van der Waals surface area contributed by atoms with Crippen molar-refractivity contribution >= 4 is 11.7 Å². The molecule has 2 aromatic carbocycles. The summed E-state index contributed by atoms with van der Waals surface area (Å²) in [5.41, 5.74) is 3.80. The van der Waals surface area contributed by atoms with Crippen LogP contribution in [0.2, 0.25) is 0 Å². The first-order valence-corrected chi connectivity index (χ1v) is 7.59. The van der Waals surface area contributed by atoms with Crippen LogP contribution in [-0.2, 0) is 6.54 Å². The van der Waals surface area contributed by atoms with Crippen LogP contribution in [0.3, 0.4) is 0 Å². The lowest BCUT2D eigenvalue weighted by molar-refractivity contribution is 0.102. The van der Waals surface area contributed by atoms with Gasteiger partial charge in [-0.15, -0.1) is 0 Å². The number of nitrogens with zero attached hydrogens (tertiary/aromatic N) is 2. The van der Waals surface area contributed by atoms with E-state index in [4.69, 9.17) is 0 Å². The summed E-state index contributed by atoms with van der Waals surface area (Å²) in [5.74, 6) is 0.444. The van der Waals surface area contributed by atoms with Gasteiger partial charge >= 0.3 is 0 Å². The van der Waals surface area contributed by atoms with Gasteiger partial charge in [0.1, 0.15) is 0 Å². The fraction of sp³-hybridized carbons (Fsp3) is 0.158. The van der Waals surface area contributed by atoms with Crippen molar-refractivity contribution < 1.29 is 4.79 Å². The van der Waals surface area contributed by atoms with Crippen LogP contribution in [0.15, 0.2) is 60.7 Å². The number of aryl methyl sites for hydroxylation is 2. The van der Waals surface area contributed by atoms with Crippen molar-refractivity contribution in [1.29, 1.82) is 0 Å². The predicted octanol–water partition coefficient (Wildman–Crippen LogP) is 3.80. The normalized spacial score (nSPS) is 10.5. The molecule has 0 unspecified atom stereocenters. The van der Waals surface area contributed by atoms with E-state index >= 15 is 0 Å². The molecule has 3 rings (SSSR count). The molecular weight excluding hydrogens is 286 g/mol. The Morgan fingerprint density at radius 1 is 1.04 bits per heavy atom. The van der Waals surface area contributed by atoms with Gasteiger partial charge in [-0.25, -0.2) is 0 Å². The van der Waals surface area contributed by atoms with Crippen molar-refractivity contribution in [3.8, 4) is 0 Å². The van der Waals surface area contributed by atoms with Crippen molar-refractivity contribution in [3.05, 3.63) is 83.0 Å². The van der Waals surface area contributed by atoms with Gasteiger partial charge < -0.3 is 5.32 Å². The van der Waals surface area contributed by atoms with Crippen LogP contribution in [0.1, 0.15) is 27.2 Å². The van der Waals surface area contributed by atoms with Crippen molar-refractivity contribution in [1.82, 2.24) is 9.78 Å². The van der Waals surface area contributed by atoms with E-state index in [2.05, 4.69) is 22.5 Å². The van der Waals surface area contributed by atoms with Gasteiger partial charge in [-0.05, 0) is 31.0 Å². The highest BCUT2D eigenvalue weighted by atomic mass is 16.1. The molecule has 0 radical (unpaired) electrons. The first-order chi connectivity index (χ1) is 11.1. The predicted molar refractivity (Wildman–Crippen MR) is 91.6 cm³/mol. The van der Waals surface area contributed by atoms with E-state index in [9.17, 15) is 4.79 Å². The molecule has 0 aliphatic rings. The van der Waals surface area contributed by atoms with Gasteiger partial charge in [0.2, 0.25) is 0 Å². The smallest absolute Gasteiger partial charge is 0.257 e. The van der Waals surface area contributed by atoms with Gasteiger partial charge in [-0.1, -0.05) is 48.5 Å². The summed E-state index contributed by atoms with van der Waals surface area (Å²) in [6.45, 7) is 4.60. The number of amides is 1. The maximum absolute atomic E-state index is 12.4. The lowest BCUT2D eigenvalue weighted by Crippen LogP contribution is -2.14. The number of benzene rings is 2. The van der Waals surface area contributed by atoms with E-state index < -0.39 is 0 Å². The molecule has 0 atom stereocenters. The Balaban J connectivity index is 1.76.